The van der Waals surface area contributed by atoms with Gasteiger partial charge in [-0.3, -0.25) is 4.90 Å². The molecule has 0 saturated carbocycles. The first-order valence-electron chi connectivity index (χ1n) is 8.39. The first-order valence-corrected chi connectivity index (χ1v) is 8.39. The molecule has 0 spiro atoms. The van der Waals surface area contributed by atoms with Crippen LogP contribution in [0.1, 0.15) is 19.4 Å². The summed E-state index contributed by atoms with van der Waals surface area (Å²) in [6.07, 6.45) is 1.23. The number of hydrogen-bond donors (Lipinski definition) is 1. The monoisotopic (exact) mass is 322 g/mol. The first-order chi connectivity index (χ1) is 11.1. The molecule has 1 aromatic rings. The van der Waals surface area contributed by atoms with Crippen LogP contribution in [-0.2, 0) is 15.9 Å². The second kappa shape index (κ2) is 9.11. The number of methoxy groups -OCH3 is 2. The summed E-state index contributed by atoms with van der Waals surface area (Å²) in [5.74, 6) is 0.954. The van der Waals surface area contributed by atoms with Crippen molar-refractivity contribution < 1.29 is 14.2 Å². The van der Waals surface area contributed by atoms with Gasteiger partial charge in [0.15, 0.2) is 0 Å². The number of benzene rings is 1. The minimum absolute atomic E-state index is 0.228. The third-order valence-corrected chi connectivity index (χ3v) is 4.27. The second-order valence-electron chi connectivity index (χ2n) is 6.21. The van der Waals surface area contributed by atoms with Crippen molar-refractivity contribution in [2.24, 2.45) is 0 Å². The van der Waals surface area contributed by atoms with Gasteiger partial charge in [0.2, 0.25) is 0 Å². The zero-order valence-corrected chi connectivity index (χ0v) is 14.8. The SMILES string of the molecule is COCCN(CCOC)C(C)Cc1ccc2c(c1)NCC(C)O2. The standard InChI is InChI=1S/C18H30N2O3/c1-14(20(7-9-21-3)8-10-22-4)11-16-5-6-18-17(12-16)19-13-15(2)23-18/h5-6,12,14-15,19H,7-11,13H2,1-4H3. The smallest absolute Gasteiger partial charge is 0.142 e. The van der Waals surface area contributed by atoms with Crippen LogP contribution in [0.3, 0.4) is 0 Å². The zero-order valence-electron chi connectivity index (χ0n) is 14.8. The highest BCUT2D eigenvalue weighted by Crippen LogP contribution is 2.30. The lowest BCUT2D eigenvalue weighted by Gasteiger charge is -2.29. The van der Waals surface area contributed by atoms with Crippen molar-refractivity contribution in [1.29, 1.82) is 0 Å². The molecule has 0 radical (unpaired) electrons. The summed E-state index contributed by atoms with van der Waals surface area (Å²) in [7, 11) is 3.49. The molecule has 1 aromatic carbocycles. The molecular weight excluding hydrogens is 292 g/mol. The highest BCUT2D eigenvalue weighted by Gasteiger charge is 2.18. The molecule has 0 bridgehead atoms. The molecular formula is C18H30N2O3. The quantitative estimate of drug-likeness (QED) is 0.756. The van der Waals surface area contributed by atoms with Gasteiger partial charge in [-0.1, -0.05) is 6.07 Å². The van der Waals surface area contributed by atoms with Gasteiger partial charge in [0, 0.05) is 33.4 Å². The Balaban J connectivity index is 1.98. The van der Waals surface area contributed by atoms with E-state index in [0.29, 0.717) is 6.04 Å². The van der Waals surface area contributed by atoms with E-state index in [1.807, 2.05) is 0 Å². The fourth-order valence-electron chi connectivity index (χ4n) is 2.90. The highest BCUT2D eigenvalue weighted by molar-refractivity contribution is 5.59. The van der Waals surface area contributed by atoms with E-state index in [0.717, 1.165) is 50.7 Å². The van der Waals surface area contributed by atoms with Gasteiger partial charge in [0.1, 0.15) is 11.9 Å². The van der Waals surface area contributed by atoms with Crippen LogP contribution < -0.4 is 10.1 Å². The first kappa shape index (κ1) is 18.0. The average Bonchev–Trinajstić information content (AvgIpc) is 2.55. The van der Waals surface area contributed by atoms with E-state index in [9.17, 15) is 0 Å². The largest absolute Gasteiger partial charge is 0.487 e. The molecule has 0 saturated heterocycles. The second-order valence-corrected chi connectivity index (χ2v) is 6.21. The lowest BCUT2D eigenvalue weighted by atomic mass is 10.0. The van der Waals surface area contributed by atoms with Crippen molar-refractivity contribution in [2.45, 2.75) is 32.4 Å². The van der Waals surface area contributed by atoms with Gasteiger partial charge in [-0.15, -0.1) is 0 Å². The Morgan fingerprint density at radius 3 is 2.61 bits per heavy atom. The van der Waals surface area contributed by atoms with E-state index < -0.39 is 0 Å². The molecule has 0 aromatic heterocycles. The number of ether oxygens (including phenoxy) is 3. The Hall–Kier alpha value is -1.30. The van der Waals surface area contributed by atoms with Crippen LogP contribution in [-0.4, -0.2) is 64.1 Å². The molecule has 5 nitrogen and oxygen atoms in total. The Bertz CT molecular complexity index is 473. The lowest BCUT2D eigenvalue weighted by molar-refractivity contribution is 0.0919. The molecule has 2 rings (SSSR count). The van der Waals surface area contributed by atoms with Crippen LogP contribution in [0.25, 0.3) is 0 Å². The molecule has 1 aliphatic rings. The summed E-state index contributed by atoms with van der Waals surface area (Å²) in [5.41, 5.74) is 2.43. The summed E-state index contributed by atoms with van der Waals surface area (Å²) in [6, 6.07) is 6.89. The lowest BCUT2D eigenvalue weighted by Crippen LogP contribution is -2.39. The van der Waals surface area contributed by atoms with E-state index >= 15 is 0 Å². The molecule has 5 heteroatoms. The molecule has 0 fully saturated rings. The van der Waals surface area contributed by atoms with E-state index in [4.69, 9.17) is 14.2 Å². The summed E-state index contributed by atoms with van der Waals surface area (Å²) < 4.78 is 16.3. The topological polar surface area (TPSA) is 43.0 Å². The summed E-state index contributed by atoms with van der Waals surface area (Å²) in [6.45, 7) is 8.53. The van der Waals surface area contributed by atoms with Crippen molar-refractivity contribution in [3.8, 4) is 5.75 Å². The number of hydrogen-bond acceptors (Lipinski definition) is 5. The van der Waals surface area contributed by atoms with E-state index in [-0.39, 0.29) is 6.10 Å². The van der Waals surface area contributed by atoms with E-state index in [1.165, 1.54) is 5.56 Å². The highest BCUT2D eigenvalue weighted by atomic mass is 16.5. The molecule has 2 atom stereocenters. The fourth-order valence-corrected chi connectivity index (χ4v) is 2.90. The van der Waals surface area contributed by atoms with Gasteiger partial charge in [-0.2, -0.15) is 0 Å². The predicted molar refractivity (Wildman–Crippen MR) is 93.5 cm³/mol. The van der Waals surface area contributed by atoms with Crippen LogP contribution in [0.15, 0.2) is 18.2 Å². The van der Waals surface area contributed by atoms with Crippen molar-refractivity contribution in [1.82, 2.24) is 4.90 Å². The average molecular weight is 322 g/mol. The van der Waals surface area contributed by atoms with Gasteiger partial charge in [-0.05, 0) is 38.0 Å². The van der Waals surface area contributed by atoms with Crippen molar-refractivity contribution in [2.75, 3.05) is 52.4 Å². The predicted octanol–water partition coefficient (Wildman–Crippen LogP) is 2.41. The summed E-state index contributed by atoms with van der Waals surface area (Å²) >= 11 is 0. The molecule has 130 valence electrons. The maximum absolute atomic E-state index is 5.84. The molecule has 0 amide bonds. The number of rotatable bonds is 9. The van der Waals surface area contributed by atoms with Gasteiger partial charge < -0.3 is 19.5 Å². The van der Waals surface area contributed by atoms with Crippen molar-refractivity contribution in [3.63, 3.8) is 0 Å². The van der Waals surface area contributed by atoms with Gasteiger partial charge in [0.25, 0.3) is 0 Å². The fraction of sp³-hybridized carbons (Fsp3) is 0.667. The Labute approximate surface area is 139 Å². The number of nitrogens with zero attached hydrogens (tertiary/aromatic N) is 1. The van der Waals surface area contributed by atoms with Crippen molar-refractivity contribution >= 4 is 5.69 Å². The number of fused-ring (bicyclic) bond motifs is 1. The van der Waals surface area contributed by atoms with Gasteiger partial charge in [0.05, 0.1) is 25.4 Å². The summed E-state index contributed by atoms with van der Waals surface area (Å²) in [4.78, 5) is 2.42. The molecule has 23 heavy (non-hydrogen) atoms. The molecule has 1 N–H and O–H groups in total. The zero-order chi connectivity index (χ0) is 16.7. The van der Waals surface area contributed by atoms with Crippen LogP contribution in [0.5, 0.6) is 5.75 Å². The third kappa shape index (κ3) is 5.37. The maximum Gasteiger partial charge on any atom is 0.142 e. The normalized spacial score (nSPS) is 18.2. The molecule has 0 aliphatic carbocycles. The minimum atomic E-state index is 0.228. The Kier molecular flexibility index (Phi) is 7.15. The molecule has 1 heterocycles. The van der Waals surface area contributed by atoms with Crippen molar-refractivity contribution in [3.05, 3.63) is 23.8 Å². The van der Waals surface area contributed by atoms with E-state index in [2.05, 4.69) is 42.3 Å². The van der Waals surface area contributed by atoms with Gasteiger partial charge >= 0.3 is 0 Å². The Morgan fingerprint density at radius 2 is 1.96 bits per heavy atom. The van der Waals surface area contributed by atoms with Crippen LogP contribution in [0, 0.1) is 0 Å². The molecule has 2 unspecified atom stereocenters. The minimum Gasteiger partial charge on any atom is -0.487 e. The number of nitrogens with one attached hydrogen (secondary N) is 1. The maximum atomic E-state index is 5.84. The van der Waals surface area contributed by atoms with Crippen LogP contribution in [0.4, 0.5) is 5.69 Å². The summed E-state index contributed by atoms with van der Waals surface area (Å²) in [5, 5.41) is 3.45. The van der Waals surface area contributed by atoms with E-state index in [1.54, 1.807) is 14.2 Å². The Morgan fingerprint density at radius 1 is 1.26 bits per heavy atom. The van der Waals surface area contributed by atoms with Crippen LogP contribution >= 0.6 is 0 Å². The third-order valence-electron chi connectivity index (χ3n) is 4.27. The molecule has 1 aliphatic heterocycles. The van der Waals surface area contributed by atoms with Crippen LogP contribution in [0.2, 0.25) is 0 Å². The van der Waals surface area contributed by atoms with Gasteiger partial charge in [-0.25, -0.2) is 0 Å². The number of anilines is 1.